The van der Waals surface area contributed by atoms with Gasteiger partial charge in [-0.25, -0.2) is 9.59 Å². The molecule has 8 heteroatoms. The summed E-state index contributed by atoms with van der Waals surface area (Å²) in [6.45, 7) is 3.45. The Hall–Kier alpha value is -3.42. The molecule has 0 aliphatic rings. The monoisotopic (exact) mass is 330 g/mol. The quantitative estimate of drug-likeness (QED) is 0.642. The average Bonchev–Trinajstić information content (AvgIpc) is 2.78. The van der Waals surface area contributed by atoms with E-state index in [1.807, 2.05) is 0 Å². The maximum Gasteiger partial charge on any atom is 0.335 e. The highest BCUT2D eigenvalue weighted by Crippen LogP contribution is 2.24. The van der Waals surface area contributed by atoms with Gasteiger partial charge in [0, 0.05) is 28.7 Å². The van der Waals surface area contributed by atoms with Crippen LogP contribution in [-0.2, 0) is 0 Å². The van der Waals surface area contributed by atoms with E-state index in [0.717, 1.165) is 12.3 Å². The standard InChI is InChI=1S/C16H14N2O6/c1-9-5-11(3-4-17(23)24)10(2)18(9)14-7-12(15(19)20)6-13(8-14)16(21)22/h3-8H,1-2H3,(H,19,20)(H,21,22)/b4-3+. The Labute approximate surface area is 136 Å². The molecule has 0 saturated carbocycles. The molecule has 1 aromatic heterocycles. The van der Waals surface area contributed by atoms with Crippen LogP contribution < -0.4 is 0 Å². The van der Waals surface area contributed by atoms with Crippen LogP contribution >= 0.6 is 0 Å². The fraction of sp³-hybridized carbons (Fsp3) is 0.125. The Morgan fingerprint density at radius 2 is 1.62 bits per heavy atom. The van der Waals surface area contributed by atoms with Crippen molar-refractivity contribution in [3.05, 3.63) is 68.7 Å². The molecule has 1 heterocycles. The van der Waals surface area contributed by atoms with Crippen LogP contribution in [0.15, 0.2) is 30.5 Å². The average molecular weight is 330 g/mol. The summed E-state index contributed by atoms with van der Waals surface area (Å²) in [6.07, 6.45) is 2.14. The van der Waals surface area contributed by atoms with Crippen LogP contribution in [0, 0.1) is 24.0 Å². The number of carbonyl (C=O) groups is 2. The first-order valence-corrected chi connectivity index (χ1v) is 6.83. The summed E-state index contributed by atoms with van der Waals surface area (Å²) < 4.78 is 1.65. The minimum atomic E-state index is -1.24. The van der Waals surface area contributed by atoms with Crippen LogP contribution in [0.1, 0.15) is 37.7 Å². The number of benzene rings is 1. The summed E-state index contributed by atoms with van der Waals surface area (Å²) in [7, 11) is 0. The molecule has 124 valence electrons. The third kappa shape index (κ3) is 3.32. The van der Waals surface area contributed by atoms with E-state index in [2.05, 4.69) is 0 Å². The SMILES string of the molecule is Cc1cc(/C=C/[N+](=O)[O-])c(C)n1-c1cc(C(=O)O)cc(C(=O)O)c1. The van der Waals surface area contributed by atoms with Crippen molar-refractivity contribution >= 4 is 18.0 Å². The van der Waals surface area contributed by atoms with E-state index in [0.29, 0.717) is 22.6 Å². The number of aromatic nitrogens is 1. The van der Waals surface area contributed by atoms with Crippen molar-refractivity contribution in [3.63, 3.8) is 0 Å². The predicted molar refractivity (Wildman–Crippen MR) is 85.2 cm³/mol. The van der Waals surface area contributed by atoms with Gasteiger partial charge in [-0.05, 0) is 38.1 Å². The lowest BCUT2D eigenvalue weighted by atomic mass is 10.1. The van der Waals surface area contributed by atoms with E-state index in [9.17, 15) is 19.7 Å². The number of carboxylic acids is 2. The molecule has 0 saturated heterocycles. The zero-order valence-electron chi connectivity index (χ0n) is 12.9. The van der Waals surface area contributed by atoms with Crippen LogP contribution in [0.4, 0.5) is 0 Å². The largest absolute Gasteiger partial charge is 0.478 e. The molecule has 0 radical (unpaired) electrons. The van der Waals surface area contributed by atoms with Gasteiger partial charge in [0.2, 0.25) is 6.20 Å². The smallest absolute Gasteiger partial charge is 0.335 e. The number of hydrogen-bond acceptors (Lipinski definition) is 4. The van der Waals surface area contributed by atoms with Gasteiger partial charge in [0.15, 0.2) is 0 Å². The predicted octanol–water partition coefficient (Wildman–Crippen LogP) is 2.74. The van der Waals surface area contributed by atoms with Crippen molar-refractivity contribution < 1.29 is 24.7 Å². The highest BCUT2D eigenvalue weighted by molar-refractivity contribution is 5.94. The number of aryl methyl sites for hydroxylation is 1. The van der Waals surface area contributed by atoms with Gasteiger partial charge in [-0.1, -0.05) is 0 Å². The minimum Gasteiger partial charge on any atom is -0.478 e. The molecule has 2 aromatic rings. The van der Waals surface area contributed by atoms with E-state index in [1.54, 1.807) is 24.5 Å². The van der Waals surface area contributed by atoms with Gasteiger partial charge in [0.25, 0.3) is 0 Å². The Balaban J connectivity index is 2.66. The zero-order chi connectivity index (χ0) is 18.0. The Morgan fingerprint density at radius 3 is 2.08 bits per heavy atom. The van der Waals surface area contributed by atoms with Gasteiger partial charge in [0.05, 0.1) is 16.1 Å². The lowest BCUT2D eigenvalue weighted by molar-refractivity contribution is -0.400. The van der Waals surface area contributed by atoms with E-state index in [4.69, 9.17) is 10.2 Å². The molecule has 0 bridgehead atoms. The molecule has 0 atom stereocenters. The van der Waals surface area contributed by atoms with Gasteiger partial charge in [-0.2, -0.15) is 0 Å². The van der Waals surface area contributed by atoms with E-state index in [-0.39, 0.29) is 11.1 Å². The first-order valence-electron chi connectivity index (χ1n) is 6.83. The molecular formula is C16H14N2O6. The summed E-state index contributed by atoms with van der Waals surface area (Å²) in [5, 5.41) is 28.8. The number of carboxylic acid groups (broad SMARTS) is 2. The Bertz CT molecular complexity index is 847. The van der Waals surface area contributed by atoms with Crippen molar-refractivity contribution in [2.24, 2.45) is 0 Å². The fourth-order valence-electron chi connectivity index (χ4n) is 2.48. The molecule has 0 unspecified atom stereocenters. The van der Waals surface area contributed by atoms with E-state index >= 15 is 0 Å². The molecule has 0 fully saturated rings. The molecule has 0 aliphatic heterocycles. The maximum atomic E-state index is 11.2. The van der Waals surface area contributed by atoms with Gasteiger partial charge >= 0.3 is 11.9 Å². The van der Waals surface area contributed by atoms with E-state index < -0.39 is 16.9 Å². The normalized spacial score (nSPS) is 10.9. The summed E-state index contributed by atoms with van der Waals surface area (Å²) >= 11 is 0. The van der Waals surface area contributed by atoms with Gasteiger partial charge in [-0.15, -0.1) is 0 Å². The molecular weight excluding hydrogens is 316 g/mol. The summed E-state index contributed by atoms with van der Waals surface area (Å²) in [5.74, 6) is -2.48. The topological polar surface area (TPSA) is 123 Å². The molecule has 24 heavy (non-hydrogen) atoms. The van der Waals surface area contributed by atoms with Crippen molar-refractivity contribution in [1.82, 2.24) is 4.57 Å². The highest BCUT2D eigenvalue weighted by Gasteiger charge is 2.15. The number of nitro groups is 1. The molecule has 1 aromatic carbocycles. The third-order valence-corrected chi connectivity index (χ3v) is 3.52. The van der Waals surface area contributed by atoms with Gasteiger partial charge < -0.3 is 14.8 Å². The lowest BCUT2D eigenvalue weighted by Gasteiger charge is -2.12. The number of aromatic carboxylic acids is 2. The molecule has 0 aliphatic carbocycles. The number of rotatable bonds is 5. The summed E-state index contributed by atoms with van der Waals surface area (Å²) in [5.41, 5.74) is 1.96. The Kier molecular flexibility index (Phi) is 4.50. The van der Waals surface area contributed by atoms with Crippen LogP contribution in [0.2, 0.25) is 0 Å². The minimum absolute atomic E-state index is 0.153. The van der Waals surface area contributed by atoms with Crippen LogP contribution in [0.5, 0.6) is 0 Å². The summed E-state index contributed by atoms with van der Waals surface area (Å²) in [4.78, 5) is 32.3. The van der Waals surface area contributed by atoms with Crippen LogP contribution in [0.25, 0.3) is 11.8 Å². The van der Waals surface area contributed by atoms with Crippen LogP contribution in [-0.4, -0.2) is 31.6 Å². The molecule has 8 nitrogen and oxygen atoms in total. The fourth-order valence-corrected chi connectivity index (χ4v) is 2.48. The van der Waals surface area contributed by atoms with Crippen LogP contribution in [0.3, 0.4) is 0 Å². The van der Waals surface area contributed by atoms with Crippen molar-refractivity contribution in [1.29, 1.82) is 0 Å². The third-order valence-electron chi connectivity index (χ3n) is 3.52. The second-order valence-electron chi connectivity index (χ2n) is 5.14. The van der Waals surface area contributed by atoms with Gasteiger partial charge in [-0.3, -0.25) is 10.1 Å². The first-order chi connectivity index (χ1) is 11.2. The second-order valence-corrected chi connectivity index (χ2v) is 5.14. The molecule has 2 rings (SSSR count). The molecule has 0 spiro atoms. The maximum absolute atomic E-state index is 11.2. The highest BCUT2D eigenvalue weighted by atomic mass is 16.6. The lowest BCUT2D eigenvalue weighted by Crippen LogP contribution is -2.07. The van der Waals surface area contributed by atoms with Crippen molar-refractivity contribution in [3.8, 4) is 5.69 Å². The molecule has 0 amide bonds. The number of nitrogens with zero attached hydrogens (tertiary/aromatic N) is 2. The first kappa shape index (κ1) is 16.9. The van der Waals surface area contributed by atoms with Gasteiger partial charge in [0.1, 0.15) is 0 Å². The van der Waals surface area contributed by atoms with Crippen molar-refractivity contribution in [2.45, 2.75) is 13.8 Å². The van der Waals surface area contributed by atoms with Crippen molar-refractivity contribution in [2.75, 3.05) is 0 Å². The van der Waals surface area contributed by atoms with E-state index in [1.165, 1.54) is 18.2 Å². The zero-order valence-corrected chi connectivity index (χ0v) is 12.9. The second kappa shape index (κ2) is 6.37. The molecule has 2 N–H and O–H groups in total. The number of hydrogen-bond donors (Lipinski definition) is 2. The summed E-state index contributed by atoms with van der Waals surface area (Å²) in [6, 6.07) is 5.49. The Morgan fingerprint density at radius 1 is 1.08 bits per heavy atom.